The molecule has 1 aromatic rings. The Hall–Kier alpha value is -1.77. The number of carbonyl (C=O) groups is 1. The van der Waals surface area contributed by atoms with Gasteiger partial charge in [0.1, 0.15) is 0 Å². The average molecular weight is 244 g/mol. The van der Waals surface area contributed by atoms with E-state index in [1.807, 2.05) is 44.2 Å². The lowest BCUT2D eigenvalue weighted by atomic mass is 9.90. The number of anilines is 1. The van der Waals surface area contributed by atoms with E-state index in [0.717, 1.165) is 24.2 Å². The van der Waals surface area contributed by atoms with E-state index < -0.39 is 0 Å². The van der Waals surface area contributed by atoms with E-state index in [2.05, 4.69) is 10.6 Å². The predicted molar refractivity (Wildman–Crippen MR) is 74.7 cm³/mol. The summed E-state index contributed by atoms with van der Waals surface area (Å²) in [6.07, 6.45) is 2.89. The van der Waals surface area contributed by atoms with Crippen LogP contribution in [0.3, 0.4) is 0 Å². The first kappa shape index (κ1) is 12.7. The Morgan fingerprint density at radius 1 is 1.44 bits per heavy atom. The van der Waals surface area contributed by atoms with E-state index in [4.69, 9.17) is 0 Å². The van der Waals surface area contributed by atoms with Gasteiger partial charge in [0.2, 0.25) is 5.91 Å². The fourth-order valence-corrected chi connectivity index (χ4v) is 2.22. The molecule has 2 N–H and O–H groups in total. The Bertz CT molecular complexity index is 461. The summed E-state index contributed by atoms with van der Waals surface area (Å²) in [6.45, 7) is 5.54. The fourth-order valence-electron chi connectivity index (χ4n) is 2.22. The van der Waals surface area contributed by atoms with Gasteiger partial charge in [0.05, 0.1) is 5.92 Å². The maximum absolute atomic E-state index is 12.2. The van der Waals surface area contributed by atoms with Gasteiger partial charge in [-0.2, -0.15) is 0 Å². The smallest absolute Gasteiger partial charge is 0.227 e. The van der Waals surface area contributed by atoms with Gasteiger partial charge in [0.25, 0.3) is 0 Å². The molecule has 96 valence electrons. The zero-order chi connectivity index (χ0) is 13.0. The molecule has 1 aliphatic heterocycles. The van der Waals surface area contributed by atoms with Crippen molar-refractivity contribution in [2.75, 3.05) is 18.4 Å². The van der Waals surface area contributed by atoms with Crippen molar-refractivity contribution in [2.24, 2.45) is 0 Å². The highest BCUT2D eigenvalue weighted by molar-refractivity contribution is 5.86. The van der Waals surface area contributed by atoms with Crippen molar-refractivity contribution in [1.82, 2.24) is 5.32 Å². The molecular weight excluding hydrogens is 224 g/mol. The first-order chi connectivity index (χ1) is 8.68. The number of fused-ring (bicyclic) bond motifs is 1. The van der Waals surface area contributed by atoms with Crippen molar-refractivity contribution in [2.45, 2.75) is 26.2 Å². The second-order valence-electron chi connectivity index (χ2n) is 4.88. The van der Waals surface area contributed by atoms with Crippen molar-refractivity contribution < 1.29 is 4.79 Å². The molecule has 1 atom stereocenters. The van der Waals surface area contributed by atoms with Crippen LogP contribution in [0.2, 0.25) is 0 Å². The summed E-state index contributed by atoms with van der Waals surface area (Å²) in [7, 11) is 0. The van der Waals surface area contributed by atoms with Crippen LogP contribution in [-0.2, 0) is 4.79 Å². The largest absolute Gasteiger partial charge is 0.385 e. The zero-order valence-electron chi connectivity index (χ0n) is 11.0. The third-order valence-corrected chi connectivity index (χ3v) is 3.19. The van der Waals surface area contributed by atoms with Crippen LogP contribution in [0.15, 0.2) is 35.9 Å². The Morgan fingerprint density at radius 3 is 3.00 bits per heavy atom. The molecule has 1 aromatic carbocycles. The lowest BCUT2D eigenvalue weighted by Gasteiger charge is -2.25. The zero-order valence-corrected chi connectivity index (χ0v) is 11.0. The van der Waals surface area contributed by atoms with Crippen LogP contribution in [0.5, 0.6) is 0 Å². The van der Waals surface area contributed by atoms with Crippen molar-refractivity contribution >= 4 is 11.6 Å². The van der Waals surface area contributed by atoms with Crippen molar-refractivity contribution in [1.29, 1.82) is 0 Å². The van der Waals surface area contributed by atoms with Crippen molar-refractivity contribution in [3.8, 4) is 0 Å². The quantitative estimate of drug-likeness (QED) is 0.803. The molecule has 2 rings (SSSR count). The molecule has 0 radical (unpaired) electrons. The highest BCUT2D eigenvalue weighted by Gasteiger charge is 2.25. The highest BCUT2D eigenvalue weighted by Crippen LogP contribution is 2.31. The fraction of sp³-hybridized carbons (Fsp3) is 0.400. The summed E-state index contributed by atoms with van der Waals surface area (Å²) in [4.78, 5) is 12.2. The molecule has 1 aliphatic rings. The first-order valence-electron chi connectivity index (χ1n) is 6.42. The van der Waals surface area contributed by atoms with Crippen LogP contribution in [0.25, 0.3) is 0 Å². The maximum Gasteiger partial charge on any atom is 0.227 e. The maximum atomic E-state index is 12.2. The van der Waals surface area contributed by atoms with E-state index in [0.29, 0.717) is 6.54 Å². The summed E-state index contributed by atoms with van der Waals surface area (Å²) < 4.78 is 0. The van der Waals surface area contributed by atoms with Crippen LogP contribution in [0, 0.1) is 0 Å². The number of benzene rings is 1. The SMILES string of the molecule is CC(C)=CCNC(=O)C1CCNc2ccccc21. The lowest BCUT2D eigenvalue weighted by molar-refractivity contribution is -0.122. The summed E-state index contributed by atoms with van der Waals surface area (Å²) >= 11 is 0. The molecule has 0 aliphatic carbocycles. The Balaban J connectivity index is 2.06. The van der Waals surface area contributed by atoms with Gasteiger partial charge in [0.15, 0.2) is 0 Å². The predicted octanol–water partition coefficient (Wildman–Crippen LogP) is 2.67. The number of carbonyl (C=O) groups excluding carboxylic acids is 1. The lowest BCUT2D eigenvalue weighted by Crippen LogP contribution is -2.33. The Kier molecular flexibility index (Phi) is 4.03. The third-order valence-electron chi connectivity index (χ3n) is 3.19. The molecule has 0 aromatic heterocycles. The second-order valence-corrected chi connectivity index (χ2v) is 4.88. The van der Waals surface area contributed by atoms with Gasteiger partial charge in [-0.05, 0) is 31.9 Å². The topological polar surface area (TPSA) is 41.1 Å². The van der Waals surface area contributed by atoms with Crippen LogP contribution < -0.4 is 10.6 Å². The Morgan fingerprint density at radius 2 is 2.22 bits per heavy atom. The summed E-state index contributed by atoms with van der Waals surface area (Å²) in [6, 6.07) is 8.05. The minimum absolute atomic E-state index is 0.0204. The summed E-state index contributed by atoms with van der Waals surface area (Å²) in [5, 5.41) is 6.31. The second kappa shape index (κ2) is 5.71. The van der Waals surface area contributed by atoms with Gasteiger partial charge in [-0.25, -0.2) is 0 Å². The monoisotopic (exact) mass is 244 g/mol. The molecule has 0 bridgehead atoms. The van der Waals surface area contributed by atoms with Gasteiger partial charge in [-0.3, -0.25) is 4.79 Å². The van der Waals surface area contributed by atoms with Gasteiger partial charge >= 0.3 is 0 Å². The molecule has 0 fully saturated rings. The number of para-hydroxylation sites is 1. The molecule has 0 spiro atoms. The molecule has 1 amide bonds. The number of nitrogens with one attached hydrogen (secondary N) is 2. The number of amides is 1. The van der Waals surface area contributed by atoms with E-state index in [-0.39, 0.29) is 11.8 Å². The van der Waals surface area contributed by atoms with Gasteiger partial charge in [-0.1, -0.05) is 29.8 Å². The van der Waals surface area contributed by atoms with Gasteiger partial charge in [0, 0.05) is 18.8 Å². The minimum atomic E-state index is -0.0204. The third kappa shape index (κ3) is 2.92. The standard InChI is InChI=1S/C15H20N2O/c1-11(2)7-9-17-15(18)13-8-10-16-14-6-4-3-5-12(13)14/h3-7,13,16H,8-10H2,1-2H3,(H,17,18). The number of hydrogen-bond acceptors (Lipinski definition) is 2. The highest BCUT2D eigenvalue weighted by atomic mass is 16.1. The molecule has 3 heteroatoms. The summed E-state index contributed by atoms with van der Waals surface area (Å²) in [5.41, 5.74) is 3.42. The normalized spacial score (nSPS) is 17.3. The summed E-state index contributed by atoms with van der Waals surface area (Å²) in [5.74, 6) is 0.106. The molecular formula is C15H20N2O. The van der Waals surface area contributed by atoms with E-state index in [1.54, 1.807) is 0 Å². The van der Waals surface area contributed by atoms with Crippen LogP contribution in [0.4, 0.5) is 5.69 Å². The average Bonchev–Trinajstić information content (AvgIpc) is 2.37. The van der Waals surface area contributed by atoms with Gasteiger partial charge in [-0.15, -0.1) is 0 Å². The minimum Gasteiger partial charge on any atom is -0.385 e. The van der Waals surface area contributed by atoms with Gasteiger partial charge < -0.3 is 10.6 Å². The molecule has 0 saturated carbocycles. The van der Waals surface area contributed by atoms with E-state index in [1.165, 1.54) is 5.57 Å². The van der Waals surface area contributed by atoms with Crippen molar-refractivity contribution in [3.05, 3.63) is 41.5 Å². The van der Waals surface area contributed by atoms with Crippen molar-refractivity contribution in [3.63, 3.8) is 0 Å². The number of rotatable bonds is 3. The molecule has 1 heterocycles. The van der Waals surface area contributed by atoms with E-state index in [9.17, 15) is 4.79 Å². The number of hydrogen-bond donors (Lipinski definition) is 2. The molecule has 1 unspecified atom stereocenters. The number of allylic oxidation sites excluding steroid dienone is 1. The Labute approximate surface area is 108 Å². The molecule has 18 heavy (non-hydrogen) atoms. The molecule has 3 nitrogen and oxygen atoms in total. The molecule has 0 saturated heterocycles. The van der Waals surface area contributed by atoms with Crippen LogP contribution in [0.1, 0.15) is 31.7 Å². The van der Waals surface area contributed by atoms with Crippen LogP contribution >= 0.6 is 0 Å². The van der Waals surface area contributed by atoms with Crippen LogP contribution in [-0.4, -0.2) is 19.0 Å². The first-order valence-corrected chi connectivity index (χ1v) is 6.42. The van der Waals surface area contributed by atoms with E-state index >= 15 is 0 Å².